The largest absolute Gasteiger partial charge is 0.394 e. The van der Waals surface area contributed by atoms with Crippen LogP contribution in [0.5, 0.6) is 0 Å². The molecule has 1 fully saturated rings. The van der Waals surface area contributed by atoms with Gasteiger partial charge in [-0.25, -0.2) is 0 Å². The summed E-state index contributed by atoms with van der Waals surface area (Å²) in [7, 11) is 0. The highest BCUT2D eigenvalue weighted by Crippen LogP contribution is 2.22. The van der Waals surface area contributed by atoms with Crippen LogP contribution in [0.1, 0.15) is 25.3 Å². The molecule has 1 aliphatic heterocycles. The molecule has 0 amide bonds. The maximum absolute atomic E-state index is 10.1. The Bertz CT molecular complexity index is 807. The average Bonchev–Trinajstić information content (AvgIpc) is 3.07. The summed E-state index contributed by atoms with van der Waals surface area (Å²) in [5.74, 6) is 5.78. The summed E-state index contributed by atoms with van der Waals surface area (Å²) in [5.41, 5.74) is 1.72. The van der Waals surface area contributed by atoms with Crippen molar-refractivity contribution in [3.63, 3.8) is 0 Å². The summed E-state index contributed by atoms with van der Waals surface area (Å²) >= 11 is 0. The summed E-state index contributed by atoms with van der Waals surface area (Å²) in [6, 6.07) is 5.73. The van der Waals surface area contributed by atoms with E-state index in [0.29, 0.717) is 0 Å². The first-order valence-corrected chi connectivity index (χ1v) is 8.83. The lowest BCUT2D eigenvalue weighted by molar-refractivity contribution is -0.214. The number of hydrogen-bond donors (Lipinski definition) is 4. The number of fused-ring (bicyclic) bond motifs is 1. The molecular weight excluding hydrogens is 336 g/mol. The number of benzene rings is 1. The molecule has 1 aromatic carbocycles. The number of hydrogen-bond acceptors (Lipinski definition) is 6. The fourth-order valence-corrected chi connectivity index (χ4v) is 3.07. The van der Waals surface area contributed by atoms with Crippen molar-refractivity contribution in [3.05, 3.63) is 30.0 Å². The fraction of sp³-hybridized carbons (Fsp3) is 0.526. The van der Waals surface area contributed by atoms with Crippen LogP contribution in [-0.2, 0) is 11.3 Å². The molecule has 0 aliphatic carbocycles. The molecule has 1 aromatic heterocycles. The smallest absolute Gasteiger partial charge is 0.147 e. The number of aliphatic hydroxyl groups is 4. The van der Waals surface area contributed by atoms with Gasteiger partial charge < -0.3 is 25.2 Å². The number of rotatable bonds is 4. The molecule has 0 saturated carbocycles. The molecule has 3 rings (SSSR count). The topological polar surface area (TPSA) is 108 Å². The zero-order valence-corrected chi connectivity index (χ0v) is 14.6. The van der Waals surface area contributed by atoms with E-state index in [-0.39, 0.29) is 0 Å². The van der Waals surface area contributed by atoms with Gasteiger partial charge in [0.1, 0.15) is 30.5 Å². The molecule has 0 radical (unpaired) electrons. The van der Waals surface area contributed by atoms with Crippen molar-refractivity contribution in [1.29, 1.82) is 0 Å². The minimum atomic E-state index is -1.42. The van der Waals surface area contributed by atoms with Gasteiger partial charge in [0, 0.05) is 17.5 Å². The van der Waals surface area contributed by atoms with Gasteiger partial charge in [-0.05, 0) is 18.6 Å². The highest BCUT2D eigenvalue weighted by atomic mass is 16.5. The molecule has 3 unspecified atom stereocenters. The maximum Gasteiger partial charge on any atom is 0.147 e. The number of aryl methyl sites for hydroxylation is 1. The van der Waals surface area contributed by atoms with E-state index < -0.39 is 37.1 Å². The Hall–Kier alpha value is -1.95. The van der Waals surface area contributed by atoms with Gasteiger partial charge in [0.25, 0.3) is 0 Å². The van der Waals surface area contributed by atoms with Crippen molar-refractivity contribution in [2.75, 3.05) is 6.61 Å². The molecule has 7 heteroatoms. The number of nitrogens with zero attached hydrogens (tertiary/aromatic N) is 2. The number of aromatic nitrogens is 2. The minimum absolute atomic E-state index is 0.469. The van der Waals surface area contributed by atoms with Crippen LogP contribution in [0.4, 0.5) is 0 Å². The quantitative estimate of drug-likeness (QED) is 0.573. The third-order valence-electron chi connectivity index (χ3n) is 4.65. The first-order chi connectivity index (χ1) is 12.6. The van der Waals surface area contributed by atoms with Crippen LogP contribution in [0.3, 0.4) is 0 Å². The molecule has 0 spiro atoms. The lowest BCUT2D eigenvalue weighted by atomic mass is 9.95. The van der Waals surface area contributed by atoms with Gasteiger partial charge >= 0.3 is 0 Å². The fourth-order valence-electron chi connectivity index (χ4n) is 3.07. The van der Waals surface area contributed by atoms with E-state index >= 15 is 0 Å². The van der Waals surface area contributed by atoms with Crippen LogP contribution < -0.4 is 0 Å². The standard InChI is InChI=1S/C19H24N2O5/c1-2-3-9-21-14-6-4-5-12(13(14)10-20-21)7-8-15-17(23)19(25)18(24)16(11-22)26-15/h4-6,10,15-19,22-25H,2-3,9,11H2,1H3/t15-,16?,17?,18-,19?/m1/s1. The molecule has 7 nitrogen and oxygen atoms in total. The minimum Gasteiger partial charge on any atom is -0.394 e. The average molecular weight is 360 g/mol. The monoisotopic (exact) mass is 360 g/mol. The lowest BCUT2D eigenvalue weighted by Gasteiger charge is -2.37. The van der Waals surface area contributed by atoms with Crippen LogP contribution in [-0.4, -0.2) is 67.3 Å². The van der Waals surface area contributed by atoms with E-state index in [1.807, 2.05) is 22.9 Å². The van der Waals surface area contributed by atoms with Gasteiger partial charge in [0.05, 0.1) is 18.3 Å². The summed E-state index contributed by atoms with van der Waals surface area (Å²) in [6.45, 7) is 2.50. The van der Waals surface area contributed by atoms with Gasteiger partial charge in [0.15, 0.2) is 0 Å². The Labute approximate surface area is 151 Å². The zero-order valence-electron chi connectivity index (χ0n) is 14.6. The summed E-state index contributed by atoms with van der Waals surface area (Å²) in [4.78, 5) is 0. The van der Waals surface area contributed by atoms with Crippen molar-refractivity contribution < 1.29 is 25.2 Å². The highest BCUT2D eigenvalue weighted by Gasteiger charge is 2.42. The molecule has 2 aromatic rings. The molecule has 0 bridgehead atoms. The normalized spacial score (nSPS) is 28.7. The highest BCUT2D eigenvalue weighted by molar-refractivity contribution is 5.85. The van der Waals surface area contributed by atoms with Gasteiger partial charge in [-0.3, -0.25) is 4.68 Å². The predicted octanol–water partition coefficient (Wildman–Crippen LogP) is 0.0303. The van der Waals surface area contributed by atoms with E-state index in [0.717, 1.165) is 35.9 Å². The van der Waals surface area contributed by atoms with E-state index in [2.05, 4.69) is 23.9 Å². The third-order valence-corrected chi connectivity index (χ3v) is 4.65. The second-order valence-corrected chi connectivity index (χ2v) is 6.48. The summed E-state index contributed by atoms with van der Waals surface area (Å²) in [5, 5.41) is 44.3. The van der Waals surface area contributed by atoms with Crippen LogP contribution in [0, 0.1) is 11.8 Å². The predicted molar refractivity (Wildman–Crippen MR) is 95.3 cm³/mol. The Morgan fingerprint density at radius 1 is 1.19 bits per heavy atom. The first-order valence-electron chi connectivity index (χ1n) is 8.83. The van der Waals surface area contributed by atoms with Crippen LogP contribution in [0.25, 0.3) is 10.9 Å². The molecule has 1 saturated heterocycles. The molecule has 26 heavy (non-hydrogen) atoms. The first kappa shape index (κ1) is 18.8. The van der Waals surface area contributed by atoms with E-state index in [4.69, 9.17) is 4.74 Å². The number of unbranched alkanes of at least 4 members (excludes halogenated alkanes) is 1. The van der Waals surface area contributed by atoms with Crippen LogP contribution in [0.15, 0.2) is 24.4 Å². The summed E-state index contributed by atoms with van der Waals surface area (Å²) in [6.07, 6.45) is -2.23. The van der Waals surface area contributed by atoms with Crippen molar-refractivity contribution >= 4 is 10.9 Å². The van der Waals surface area contributed by atoms with Crippen LogP contribution >= 0.6 is 0 Å². The molecule has 1 aliphatic rings. The lowest BCUT2D eigenvalue weighted by Crippen LogP contribution is -2.58. The van der Waals surface area contributed by atoms with Crippen LogP contribution in [0.2, 0.25) is 0 Å². The van der Waals surface area contributed by atoms with Gasteiger partial charge in [-0.1, -0.05) is 31.3 Å². The van der Waals surface area contributed by atoms with Crippen molar-refractivity contribution in [3.8, 4) is 11.8 Å². The SMILES string of the molecule is CCCCn1ncc2c(C#C[C@H]3OC(CO)[C@@H](O)C(O)C3O)cccc21. The number of aliphatic hydroxyl groups excluding tert-OH is 4. The molecule has 140 valence electrons. The Kier molecular flexibility index (Phi) is 5.91. The van der Waals surface area contributed by atoms with E-state index in [1.54, 1.807) is 6.20 Å². The third kappa shape index (κ3) is 3.61. The maximum atomic E-state index is 10.1. The molecule has 4 N–H and O–H groups in total. The van der Waals surface area contributed by atoms with Gasteiger partial charge in [0.2, 0.25) is 0 Å². The Balaban J connectivity index is 1.86. The van der Waals surface area contributed by atoms with Gasteiger partial charge in [-0.2, -0.15) is 5.10 Å². The summed E-state index contributed by atoms with van der Waals surface area (Å²) < 4.78 is 7.36. The molecule has 5 atom stereocenters. The molecule has 2 heterocycles. The zero-order chi connectivity index (χ0) is 18.7. The van der Waals surface area contributed by atoms with E-state index in [9.17, 15) is 20.4 Å². The Morgan fingerprint density at radius 2 is 2.00 bits per heavy atom. The van der Waals surface area contributed by atoms with Crippen molar-refractivity contribution in [2.24, 2.45) is 0 Å². The van der Waals surface area contributed by atoms with Crippen molar-refractivity contribution in [1.82, 2.24) is 9.78 Å². The van der Waals surface area contributed by atoms with Gasteiger partial charge in [-0.15, -0.1) is 0 Å². The second kappa shape index (κ2) is 8.16. The van der Waals surface area contributed by atoms with Crippen molar-refractivity contribution in [2.45, 2.75) is 56.8 Å². The molecular formula is C19H24N2O5. The Morgan fingerprint density at radius 3 is 2.73 bits per heavy atom. The van der Waals surface area contributed by atoms with E-state index in [1.165, 1.54) is 0 Å². The number of ether oxygens (including phenoxy) is 1. The second-order valence-electron chi connectivity index (χ2n) is 6.48.